The van der Waals surface area contributed by atoms with Gasteiger partial charge in [-0.3, -0.25) is 4.79 Å². The van der Waals surface area contributed by atoms with Gasteiger partial charge in [0.1, 0.15) is 5.54 Å². The zero-order chi connectivity index (χ0) is 18.9. The van der Waals surface area contributed by atoms with Gasteiger partial charge < -0.3 is 15.3 Å². The van der Waals surface area contributed by atoms with Crippen LogP contribution >= 0.6 is 0 Å². The molecule has 1 saturated heterocycles. The van der Waals surface area contributed by atoms with Crippen LogP contribution in [0, 0.1) is 0 Å². The fourth-order valence-electron chi connectivity index (χ4n) is 4.15. The molecule has 1 fully saturated rings. The summed E-state index contributed by atoms with van der Waals surface area (Å²) in [5.41, 5.74) is 1.70. The maximum Gasteiger partial charge on any atom is 0.330 e. The molecule has 2 aliphatic rings. The number of amides is 1. The van der Waals surface area contributed by atoms with E-state index in [-0.39, 0.29) is 12.8 Å². The summed E-state index contributed by atoms with van der Waals surface area (Å²) in [6, 6.07) is 11.3. The molecule has 0 spiro atoms. The predicted molar refractivity (Wildman–Crippen MR) is 102 cm³/mol. The third-order valence-corrected chi connectivity index (χ3v) is 5.56. The van der Waals surface area contributed by atoms with Crippen molar-refractivity contribution in [2.45, 2.75) is 37.6 Å². The lowest BCUT2D eigenvalue weighted by Crippen LogP contribution is -2.55. The summed E-state index contributed by atoms with van der Waals surface area (Å²) >= 11 is 0. The Balaban J connectivity index is 1.61. The molecule has 140 valence electrons. The standard InChI is InChI=1S/C21H23N3O3/c25-19(18-17(9-6-10-22-18)24-11-4-1-5-12-24)23-21(20(26)27)13-15-7-2-3-8-16(15)14-21/h2-3,6-10H,1,4-5,11-14H2,(H,23,25)(H,26,27). The Morgan fingerprint density at radius 1 is 1.00 bits per heavy atom. The fraction of sp³-hybridized carbons (Fsp3) is 0.381. The predicted octanol–water partition coefficient (Wildman–Crippen LogP) is 2.42. The van der Waals surface area contributed by atoms with Crippen LogP contribution in [0.2, 0.25) is 0 Å². The molecule has 2 heterocycles. The van der Waals surface area contributed by atoms with Crippen LogP contribution in [0.15, 0.2) is 42.6 Å². The number of fused-ring (bicyclic) bond motifs is 1. The van der Waals surface area contributed by atoms with Gasteiger partial charge in [-0.15, -0.1) is 0 Å². The number of hydrogen-bond donors (Lipinski definition) is 2. The second kappa shape index (κ2) is 7.02. The van der Waals surface area contributed by atoms with E-state index in [1.807, 2.05) is 36.4 Å². The normalized spacial score (nSPS) is 18.0. The molecule has 0 saturated carbocycles. The molecule has 0 radical (unpaired) electrons. The molecule has 0 bridgehead atoms. The van der Waals surface area contributed by atoms with Crippen molar-refractivity contribution in [2.24, 2.45) is 0 Å². The minimum atomic E-state index is -1.32. The number of benzene rings is 1. The van der Waals surface area contributed by atoms with Gasteiger partial charge in [-0.05, 0) is 42.5 Å². The summed E-state index contributed by atoms with van der Waals surface area (Å²) in [7, 11) is 0. The van der Waals surface area contributed by atoms with E-state index >= 15 is 0 Å². The molecule has 1 aliphatic carbocycles. The first-order valence-electron chi connectivity index (χ1n) is 9.42. The Bertz CT molecular complexity index is 849. The van der Waals surface area contributed by atoms with Crippen LogP contribution < -0.4 is 10.2 Å². The van der Waals surface area contributed by atoms with Crippen molar-refractivity contribution in [2.75, 3.05) is 18.0 Å². The van der Waals surface area contributed by atoms with Crippen LogP contribution in [0.4, 0.5) is 5.69 Å². The van der Waals surface area contributed by atoms with E-state index in [4.69, 9.17) is 0 Å². The number of piperidine rings is 1. The van der Waals surface area contributed by atoms with Crippen LogP contribution in [-0.4, -0.2) is 40.6 Å². The second-order valence-electron chi connectivity index (χ2n) is 7.38. The molecule has 1 aromatic carbocycles. The summed E-state index contributed by atoms with van der Waals surface area (Å²) in [6.07, 6.45) is 5.53. The van der Waals surface area contributed by atoms with E-state index in [0.29, 0.717) is 5.69 Å². The summed E-state index contributed by atoms with van der Waals surface area (Å²) in [5, 5.41) is 12.7. The van der Waals surface area contributed by atoms with E-state index in [0.717, 1.165) is 42.7 Å². The molecule has 27 heavy (non-hydrogen) atoms. The quantitative estimate of drug-likeness (QED) is 0.870. The highest BCUT2D eigenvalue weighted by atomic mass is 16.4. The Kier molecular flexibility index (Phi) is 4.56. The van der Waals surface area contributed by atoms with E-state index in [1.165, 1.54) is 6.42 Å². The number of rotatable bonds is 4. The zero-order valence-electron chi connectivity index (χ0n) is 15.1. The lowest BCUT2D eigenvalue weighted by molar-refractivity contribution is -0.144. The highest BCUT2D eigenvalue weighted by Crippen LogP contribution is 2.31. The third kappa shape index (κ3) is 3.27. The molecule has 2 N–H and O–H groups in total. The smallest absolute Gasteiger partial charge is 0.330 e. The van der Waals surface area contributed by atoms with Crippen molar-refractivity contribution in [3.8, 4) is 0 Å². The van der Waals surface area contributed by atoms with Crippen LogP contribution in [-0.2, 0) is 17.6 Å². The highest BCUT2D eigenvalue weighted by Gasteiger charge is 2.45. The number of pyridine rings is 1. The van der Waals surface area contributed by atoms with Crippen LogP contribution in [0.5, 0.6) is 0 Å². The molecular formula is C21H23N3O3. The maximum absolute atomic E-state index is 13.1. The van der Waals surface area contributed by atoms with Crippen LogP contribution in [0.1, 0.15) is 40.9 Å². The zero-order valence-corrected chi connectivity index (χ0v) is 15.1. The monoisotopic (exact) mass is 365 g/mol. The van der Waals surface area contributed by atoms with Crippen molar-refractivity contribution in [1.82, 2.24) is 10.3 Å². The maximum atomic E-state index is 13.1. The molecule has 1 aliphatic heterocycles. The fourth-order valence-corrected chi connectivity index (χ4v) is 4.15. The van der Waals surface area contributed by atoms with E-state index in [2.05, 4.69) is 15.2 Å². The van der Waals surface area contributed by atoms with Crippen molar-refractivity contribution in [1.29, 1.82) is 0 Å². The molecule has 6 nitrogen and oxygen atoms in total. The summed E-state index contributed by atoms with van der Waals surface area (Å²) in [4.78, 5) is 31.6. The molecule has 6 heteroatoms. The molecule has 4 rings (SSSR count). The highest BCUT2D eigenvalue weighted by molar-refractivity contribution is 6.01. The van der Waals surface area contributed by atoms with Gasteiger partial charge >= 0.3 is 5.97 Å². The number of carbonyl (C=O) groups excluding carboxylic acids is 1. The first-order valence-corrected chi connectivity index (χ1v) is 9.42. The van der Waals surface area contributed by atoms with Gasteiger partial charge in [0, 0.05) is 32.1 Å². The molecule has 1 aromatic heterocycles. The Hall–Kier alpha value is -2.89. The van der Waals surface area contributed by atoms with Gasteiger partial charge in [-0.1, -0.05) is 24.3 Å². The van der Waals surface area contributed by atoms with E-state index < -0.39 is 17.4 Å². The number of carboxylic acids is 1. The van der Waals surface area contributed by atoms with Gasteiger partial charge in [0.15, 0.2) is 5.69 Å². The van der Waals surface area contributed by atoms with Gasteiger partial charge in [-0.25, -0.2) is 9.78 Å². The van der Waals surface area contributed by atoms with Crippen molar-refractivity contribution in [3.63, 3.8) is 0 Å². The Morgan fingerprint density at radius 2 is 1.67 bits per heavy atom. The number of nitrogens with one attached hydrogen (secondary N) is 1. The molecule has 0 unspecified atom stereocenters. The van der Waals surface area contributed by atoms with Gasteiger partial charge in [0.05, 0.1) is 5.69 Å². The summed E-state index contributed by atoms with van der Waals surface area (Å²) < 4.78 is 0. The summed E-state index contributed by atoms with van der Waals surface area (Å²) in [6.45, 7) is 1.78. The van der Waals surface area contributed by atoms with Crippen molar-refractivity contribution >= 4 is 17.6 Å². The SMILES string of the molecule is O=C(NC1(C(=O)O)Cc2ccccc2C1)c1ncccc1N1CCCCC1. The average molecular weight is 365 g/mol. The lowest BCUT2D eigenvalue weighted by Gasteiger charge is -2.31. The van der Waals surface area contributed by atoms with Gasteiger partial charge in [0.25, 0.3) is 5.91 Å². The average Bonchev–Trinajstić information content (AvgIpc) is 3.08. The van der Waals surface area contributed by atoms with Gasteiger partial charge in [-0.2, -0.15) is 0 Å². The summed E-state index contributed by atoms with van der Waals surface area (Å²) in [5.74, 6) is -1.44. The molecular weight excluding hydrogens is 342 g/mol. The number of aliphatic carboxylic acids is 1. The Morgan fingerprint density at radius 3 is 2.30 bits per heavy atom. The largest absolute Gasteiger partial charge is 0.479 e. The van der Waals surface area contributed by atoms with Crippen molar-refractivity contribution < 1.29 is 14.7 Å². The van der Waals surface area contributed by atoms with Crippen molar-refractivity contribution in [3.05, 3.63) is 59.4 Å². The number of nitrogens with zero attached hydrogens (tertiary/aromatic N) is 2. The third-order valence-electron chi connectivity index (χ3n) is 5.56. The lowest BCUT2D eigenvalue weighted by atomic mass is 9.95. The number of carboxylic acid groups (broad SMARTS) is 1. The minimum Gasteiger partial charge on any atom is -0.479 e. The number of aromatic nitrogens is 1. The minimum absolute atomic E-state index is 0.288. The first-order chi connectivity index (χ1) is 13.1. The van der Waals surface area contributed by atoms with Gasteiger partial charge in [0.2, 0.25) is 0 Å². The second-order valence-corrected chi connectivity index (χ2v) is 7.38. The van der Waals surface area contributed by atoms with E-state index in [1.54, 1.807) is 6.20 Å². The van der Waals surface area contributed by atoms with Crippen LogP contribution in [0.25, 0.3) is 0 Å². The topological polar surface area (TPSA) is 82.5 Å². The number of hydrogen-bond acceptors (Lipinski definition) is 4. The molecule has 0 atom stereocenters. The first kappa shape index (κ1) is 17.5. The van der Waals surface area contributed by atoms with Crippen LogP contribution in [0.3, 0.4) is 0 Å². The number of anilines is 1. The Labute approximate surface area is 158 Å². The van der Waals surface area contributed by atoms with E-state index in [9.17, 15) is 14.7 Å². The molecule has 2 aromatic rings. The molecule has 1 amide bonds. The number of carbonyl (C=O) groups is 2.